The van der Waals surface area contributed by atoms with E-state index < -0.39 is 12.1 Å². The van der Waals surface area contributed by atoms with Crippen LogP contribution in [0.15, 0.2) is 6.07 Å². The average Bonchev–Trinajstić information content (AvgIpc) is 3.03. The molecule has 0 aromatic carbocycles. The number of hydrogen-bond acceptors (Lipinski definition) is 8. The summed E-state index contributed by atoms with van der Waals surface area (Å²) in [5, 5.41) is 31.9. The van der Waals surface area contributed by atoms with Crippen LogP contribution in [-0.4, -0.2) is 64.7 Å². The van der Waals surface area contributed by atoms with Gasteiger partial charge in [-0.1, -0.05) is 13.3 Å². The summed E-state index contributed by atoms with van der Waals surface area (Å²) in [6.45, 7) is 3.88. The van der Waals surface area contributed by atoms with Crippen LogP contribution in [0.2, 0.25) is 0 Å². The molecule has 1 unspecified atom stereocenters. The minimum absolute atomic E-state index is 0.155. The van der Waals surface area contributed by atoms with Crippen molar-refractivity contribution in [3.63, 3.8) is 0 Å². The van der Waals surface area contributed by atoms with Gasteiger partial charge in [0.15, 0.2) is 0 Å². The van der Waals surface area contributed by atoms with Crippen molar-refractivity contribution in [1.82, 2.24) is 10.3 Å². The van der Waals surface area contributed by atoms with E-state index in [-0.39, 0.29) is 11.5 Å². The standard InChI is InChI=1S/C19H28N4O4S/c1-2-3-11-8-14(22-18-15(11)16(20)17(28-18)19(26)27)23-6-4-12(5-7-23)21-9-13(25)10-24/h8,12-13,21,24-25H,2-7,9-10,20H2,1H3,(H,26,27). The van der Waals surface area contributed by atoms with Crippen LogP contribution >= 0.6 is 11.3 Å². The van der Waals surface area contributed by atoms with Crippen LogP contribution in [0, 0.1) is 0 Å². The fraction of sp³-hybridized carbons (Fsp3) is 0.579. The normalized spacial score (nSPS) is 16.6. The maximum Gasteiger partial charge on any atom is 0.348 e. The Bertz CT molecular complexity index is 833. The molecular formula is C19H28N4O4S. The van der Waals surface area contributed by atoms with Crippen molar-refractivity contribution in [2.45, 2.75) is 44.8 Å². The predicted octanol–water partition coefficient (Wildman–Crippen LogP) is 1.44. The van der Waals surface area contributed by atoms with Gasteiger partial charge in [0.1, 0.15) is 15.5 Å². The van der Waals surface area contributed by atoms with Crippen molar-refractivity contribution >= 4 is 39.0 Å². The molecule has 1 fully saturated rings. The van der Waals surface area contributed by atoms with E-state index in [4.69, 9.17) is 15.8 Å². The van der Waals surface area contributed by atoms with Crippen LogP contribution < -0.4 is 16.0 Å². The molecular weight excluding hydrogens is 380 g/mol. The maximum atomic E-state index is 11.5. The number of hydrogen-bond donors (Lipinski definition) is 5. The Hall–Kier alpha value is -1.94. The molecule has 154 valence electrons. The van der Waals surface area contributed by atoms with E-state index in [0.29, 0.717) is 23.1 Å². The number of aromatic carboxylic acids is 1. The second kappa shape index (κ2) is 9.04. The molecule has 0 spiro atoms. The highest BCUT2D eigenvalue weighted by molar-refractivity contribution is 7.21. The van der Waals surface area contributed by atoms with Crippen molar-refractivity contribution < 1.29 is 20.1 Å². The van der Waals surface area contributed by atoms with Gasteiger partial charge >= 0.3 is 5.97 Å². The monoisotopic (exact) mass is 408 g/mol. The number of nitrogens with two attached hydrogens (primary N) is 1. The molecule has 9 heteroatoms. The lowest BCUT2D eigenvalue weighted by atomic mass is 10.0. The van der Waals surface area contributed by atoms with E-state index in [0.717, 1.165) is 66.9 Å². The third-order valence-corrected chi connectivity index (χ3v) is 6.24. The topological polar surface area (TPSA) is 132 Å². The van der Waals surface area contributed by atoms with E-state index in [2.05, 4.69) is 17.1 Å². The molecule has 3 rings (SSSR count). The number of thiophene rings is 1. The predicted molar refractivity (Wildman–Crippen MR) is 111 cm³/mol. The first kappa shape index (κ1) is 20.8. The van der Waals surface area contributed by atoms with Gasteiger partial charge in [-0.2, -0.15) is 0 Å². The molecule has 3 heterocycles. The number of carboxylic acid groups (broad SMARTS) is 1. The first-order chi connectivity index (χ1) is 13.4. The van der Waals surface area contributed by atoms with Crippen LogP contribution in [0.4, 0.5) is 11.5 Å². The summed E-state index contributed by atoms with van der Waals surface area (Å²) in [7, 11) is 0. The van der Waals surface area contributed by atoms with Crippen molar-refractivity contribution in [2.75, 3.05) is 36.9 Å². The highest BCUT2D eigenvalue weighted by Crippen LogP contribution is 2.37. The van der Waals surface area contributed by atoms with Gasteiger partial charge in [0.05, 0.1) is 18.4 Å². The van der Waals surface area contributed by atoms with Gasteiger partial charge in [-0.05, 0) is 30.9 Å². The number of fused-ring (bicyclic) bond motifs is 1. The number of nitrogens with zero attached hydrogens (tertiary/aromatic N) is 2. The second-order valence-corrected chi connectivity index (χ2v) is 8.22. The van der Waals surface area contributed by atoms with Crippen LogP contribution in [0.25, 0.3) is 10.2 Å². The minimum atomic E-state index is -1.01. The van der Waals surface area contributed by atoms with Crippen LogP contribution in [0.5, 0.6) is 0 Å². The number of carboxylic acids is 1. The second-order valence-electron chi connectivity index (χ2n) is 7.23. The Labute approximate surface area is 168 Å². The zero-order valence-corrected chi connectivity index (χ0v) is 16.8. The molecule has 1 aliphatic rings. The zero-order valence-electron chi connectivity index (χ0n) is 16.0. The largest absolute Gasteiger partial charge is 0.477 e. The van der Waals surface area contributed by atoms with E-state index >= 15 is 0 Å². The number of pyridine rings is 1. The summed E-state index contributed by atoms with van der Waals surface area (Å²) in [5.41, 5.74) is 7.49. The fourth-order valence-electron chi connectivity index (χ4n) is 3.65. The first-order valence-corrected chi connectivity index (χ1v) is 10.5. The molecule has 2 aromatic heterocycles. The number of aryl methyl sites for hydroxylation is 1. The molecule has 1 saturated heterocycles. The molecule has 1 aliphatic heterocycles. The zero-order chi connectivity index (χ0) is 20.3. The van der Waals surface area contributed by atoms with Gasteiger partial charge in [0.2, 0.25) is 0 Å². The molecule has 0 amide bonds. The van der Waals surface area contributed by atoms with E-state index in [9.17, 15) is 15.0 Å². The van der Waals surface area contributed by atoms with Crippen molar-refractivity contribution in [3.05, 3.63) is 16.5 Å². The Morgan fingerprint density at radius 1 is 1.46 bits per heavy atom. The van der Waals surface area contributed by atoms with Crippen LogP contribution in [-0.2, 0) is 6.42 Å². The van der Waals surface area contributed by atoms with Gasteiger partial charge in [-0.15, -0.1) is 11.3 Å². The summed E-state index contributed by atoms with van der Waals surface area (Å²) < 4.78 is 0. The number of carbonyl (C=O) groups is 1. The minimum Gasteiger partial charge on any atom is -0.477 e. The number of rotatable bonds is 8. The first-order valence-electron chi connectivity index (χ1n) is 9.67. The number of aliphatic hydroxyl groups is 2. The van der Waals surface area contributed by atoms with Crippen LogP contribution in [0.1, 0.15) is 41.4 Å². The lowest BCUT2D eigenvalue weighted by Gasteiger charge is -2.34. The molecule has 2 aromatic rings. The van der Waals surface area contributed by atoms with E-state index in [1.165, 1.54) is 0 Å². The van der Waals surface area contributed by atoms with Crippen molar-refractivity contribution in [1.29, 1.82) is 0 Å². The number of piperidine rings is 1. The Kier molecular flexibility index (Phi) is 6.71. The maximum absolute atomic E-state index is 11.5. The summed E-state index contributed by atoms with van der Waals surface area (Å²) in [6.07, 6.45) is 2.85. The van der Waals surface area contributed by atoms with E-state index in [1.54, 1.807) is 0 Å². The molecule has 0 radical (unpaired) electrons. The summed E-state index contributed by atoms with van der Waals surface area (Å²) >= 11 is 1.14. The van der Waals surface area contributed by atoms with Gasteiger partial charge in [-0.25, -0.2) is 9.78 Å². The molecule has 28 heavy (non-hydrogen) atoms. The average molecular weight is 409 g/mol. The third kappa shape index (κ3) is 4.38. The van der Waals surface area contributed by atoms with Gasteiger partial charge < -0.3 is 31.3 Å². The molecule has 0 saturated carbocycles. The number of nitrogens with one attached hydrogen (secondary N) is 1. The molecule has 8 nitrogen and oxygen atoms in total. The molecule has 0 aliphatic carbocycles. The fourth-order valence-corrected chi connectivity index (χ4v) is 4.63. The molecule has 1 atom stereocenters. The molecule has 6 N–H and O–H groups in total. The Balaban J connectivity index is 1.79. The van der Waals surface area contributed by atoms with Gasteiger partial charge in [0, 0.05) is 31.1 Å². The SMILES string of the molecule is CCCc1cc(N2CCC(NCC(O)CO)CC2)nc2sc(C(=O)O)c(N)c12. The van der Waals surface area contributed by atoms with Crippen LogP contribution in [0.3, 0.4) is 0 Å². The number of nitrogen functional groups attached to an aromatic ring is 1. The Morgan fingerprint density at radius 2 is 2.18 bits per heavy atom. The third-order valence-electron chi connectivity index (χ3n) is 5.15. The lowest BCUT2D eigenvalue weighted by Crippen LogP contribution is -2.45. The highest BCUT2D eigenvalue weighted by atomic mass is 32.1. The highest BCUT2D eigenvalue weighted by Gasteiger charge is 2.24. The summed E-state index contributed by atoms with van der Waals surface area (Å²) in [4.78, 5) is 19.2. The summed E-state index contributed by atoms with van der Waals surface area (Å²) in [5.74, 6) is -0.149. The van der Waals surface area contributed by atoms with E-state index in [1.807, 2.05) is 6.07 Å². The quantitative estimate of drug-likeness (QED) is 0.443. The van der Waals surface area contributed by atoms with Gasteiger partial charge in [0.25, 0.3) is 0 Å². The van der Waals surface area contributed by atoms with Crippen molar-refractivity contribution in [2.24, 2.45) is 0 Å². The number of aromatic nitrogens is 1. The lowest BCUT2D eigenvalue weighted by molar-refractivity contribution is 0.0703. The van der Waals surface area contributed by atoms with Gasteiger partial charge in [-0.3, -0.25) is 0 Å². The molecule has 0 bridgehead atoms. The smallest absolute Gasteiger partial charge is 0.348 e. The summed E-state index contributed by atoms with van der Waals surface area (Å²) in [6, 6.07) is 2.34. The number of aliphatic hydroxyl groups excluding tert-OH is 2. The Morgan fingerprint density at radius 3 is 2.79 bits per heavy atom. The number of anilines is 2. The van der Waals surface area contributed by atoms with Crippen molar-refractivity contribution in [3.8, 4) is 0 Å².